The summed E-state index contributed by atoms with van der Waals surface area (Å²) in [5.41, 5.74) is 4.19. The zero-order valence-electron chi connectivity index (χ0n) is 15.2. The highest BCUT2D eigenvalue weighted by Crippen LogP contribution is 2.27. The number of nitrogens with zero attached hydrogens (tertiary/aromatic N) is 3. The van der Waals surface area contributed by atoms with E-state index in [4.69, 9.17) is 4.74 Å². The van der Waals surface area contributed by atoms with Crippen LogP contribution in [0.1, 0.15) is 27.3 Å². The second kappa shape index (κ2) is 6.44. The standard InChI is InChI=1S/C20H22N4O2/c1-12-8-16(18-13(2)23-24(3)19(18)22-12)20(25)21-10-14-9-15-6-4-5-7-17(15)26-11-14/h4-8,14H,9-11H2,1-3H3,(H,21,25)/t14-/m0/s1. The van der Waals surface area contributed by atoms with Gasteiger partial charge < -0.3 is 10.1 Å². The molecule has 1 aliphatic rings. The molecule has 26 heavy (non-hydrogen) atoms. The molecule has 0 fully saturated rings. The number of carbonyl (C=O) groups is 1. The predicted molar refractivity (Wildman–Crippen MR) is 99.4 cm³/mol. The lowest BCUT2D eigenvalue weighted by Gasteiger charge is -2.25. The molecule has 0 aliphatic carbocycles. The first-order valence-electron chi connectivity index (χ1n) is 8.83. The summed E-state index contributed by atoms with van der Waals surface area (Å²) >= 11 is 0. The van der Waals surface area contributed by atoms with Crippen LogP contribution in [0.25, 0.3) is 11.0 Å². The lowest BCUT2D eigenvalue weighted by molar-refractivity contribution is 0.0940. The minimum atomic E-state index is -0.0875. The molecule has 1 amide bonds. The van der Waals surface area contributed by atoms with Gasteiger partial charge in [-0.1, -0.05) is 18.2 Å². The Morgan fingerprint density at radius 2 is 2.15 bits per heavy atom. The first kappa shape index (κ1) is 16.6. The second-order valence-corrected chi connectivity index (χ2v) is 6.92. The van der Waals surface area contributed by atoms with Crippen molar-refractivity contribution < 1.29 is 9.53 Å². The van der Waals surface area contributed by atoms with Crippen LogP contribution in [-0.4, -0.2) is 33.8 Å². The van der Waals surface area contributed by atoms with E-state index in [-0.39, 0.29) is 11.8 Å². The minimum Gasteiger partial charge on any atom is -0.493 e. The van der Waals surface area contributed by atoms with Gasteiger partial charge in [-0.3, -0.25) is 9.48 Å². The van der Waals surface area contributed by atoms with E-state index in [2.05, 4.69) is 21.5 Å². The molecule has 3 heterocycles. The van der Waals surface area contributed by atoms with E-state index in [1.807, 2.05) is 45.2 Å². The van der Waals surface area contributed by atoms with Crippen molar-refractivity contribution in [1.29, 1.82) is 0 Å². The molecule has 0 saturated heterocycles. The fourth-order valence-corrected chi connectivity index (χ4v) is 3.60. The van der Waals surface area contributed by atoms with Crippen LogP contribution in [0.4, 0.5) is 0 Å². The lowest BCUT2D eigenvalue weighted by atomic mass is 9.96. The Hall–Kier alpha value is -2.89. The molecule has 0 radical (unpaired) electrons. The van der Waals surface area contributed by atoms with Crippen LogP contribution in [-0.2, 0) is 13.5 Å². The number of carbonyl (C=O) groups excluding carboxylic acids is 1. The number of pyridine rings is 1. The minimum absolute atomic E-state index is 0.0875. The van der Waals surface area contributed by atoms with Crippen molar-refractivity contribution in [3.63, 3.8) is 0 Å². The largest absolute Gasteiger partial charge is 0.493 e. The van der Waals surface area contributed by atoms with E-state index in [0.29, 0.717) is 18.7 Å². The number of hydrogen-bond acceptors (Lipinski definition) is 4. The monoisotopic (exact) mass is 350 g/mol. The topological polar surface area (TPSA) is 69.0 Å². The summed E-state index contributed by atoms with van der Waals surface area (Å²) in [4.78, 5) is 17.4. The van der Waals surface area contributed by atoms with Crippen LogP contribution >= 0.6 is 0 Å². The summed E-state index contributed by atoms with van der Waals surface area (Å²) in [6, 6.07) is 9.90. The molecule has 1 aromatic carbocycles. The van der Waals surface area contributed by atoms with Gasteiger partial charge in [0.2, 0.25) is 0 Å². The number of hydrogen-bond donors (Lipinski definition) is 1. The molecule has 6 nitrogen and oxygen atoms in total. The van der Waals surface area contributed by atoms with E-state index in [0.717, 1.165) is 34.6 Å². The van der Waals surface area contributed by atoms with Crippen molar-refractivity contribution in [2.75, 3.05) is 13.2 Å². The van der Waals surface area contributed by atoms with Crippen LogP contribution < -0.4 is 10.1 Å². The molecule has 0 spiro atoms. The smallest absolute Gasteiger partial charge is 0.252 e. The Kier molecular flexibility index (Phi) is 4.11. The molecule has 1 atom stereocenters. The second-order valence-electron chi connectivity index (χ2n) is 6.92. The molecule has 1 aliphatic heterocycles. The molecule has 1 N–H and O–H groups in total. The Labute approximate surface area is 152 Å². The van der Waals surface area contributed by atoms with Gasteiger partial charge in [0, 0.05) is 25.2 Å². The molecular weight excluding hydrogens is 328 g/mol. The quantitative estimate of drug-likeness (QED) is 0.788. The van der Waals surface area contributed by atoms with Gasteiger partial charge in [-0.15, -0.1) is 0 Å². The molecule has 6 heteroatoms. The Balaban J connectivity index is 1.52. The number of aromatic nitrogens is 3. The number of benzene rings is 1. The highest BCUT2D eigenvalue weighted by Gasteiger charge is 2.22. The number of nitrogens with one attached hydrogen (secondary N) is 1. The summed E-state index contributed by atoms with van der Waals surface area (Å²) in [5, 5.41) is 8.30. The third-order valence-corrected chi connectivity index (χ3v) is 4.85. The van der Waals surface area contributed by atoms with Gasteiger partial charge in [-0.2, -0.15) is 5.10 Å². The third kappa shape index (κ3) is 2.92. The van der Waals surface area contributed by atoms with Crippen molar-refractivity contribution in [1.82, 2.24) is 20.1 Å². The molecule has 4 rings (SSSR count). The van der Waals surface area contributed by atoms with Crippen molar-refractivity contribution in [3.8, 4) is 5.75 Å². The van der Waals surface area contributed by atoms with Gasteiger partial charge in [-0.05, 0) is 38.0 Å². The fourth-order valence-electron chi connectivity index (χ4n) is 3.60. The average Bonchev–Trinajstić information content (AvgIpc) is 2.92. The number of amides is 1. The number of para-hydroxylation sites is 1. The first-order chi connectivity index (χ1) is 12.5. The van der Waals surface area contributed by atoms with Crippen molar-refractivity contribution >= 4 is 16.9 Å². The molecule has 0 unspecified atom stereocenters. The maximum atomic E-state index is 12.8. The molecule has 2 aromatic heterocycles. The van der Waals surface area contributed by atoms with Crippen LogP contribution in [0.15, 0.2) is 30.3 Å². The summed E-state index contributed by atoms with van der Waals surface area (Å²) in [6.45, 7) is 5.00. The maximum Gasteiger partial charge on any atom is 0.252 e. The van der Waals surface area contributed by atoms with Gasteiger partial charge >= 0.3 is 0 Å². The van der Waals surface area contributed by atoms with Gasteiger partial charge in [0.25, 0.3) is 5.91 Å². The van der Waals surface area contributed by atoms with Gasteiger partial charge in [0.15, 0.2) is 5.65 Å². The normalized spacial score (nSPS) is 16.2. The predicted octanol–water partition coefficient (Wildman–Crippen LogP) is 2.57. The molecule has 134 valence electrons. The Morgan fingerprint density at radius 3 is 3.00 bits per heavy atom. The fraction of sp³-hybridized carbons (Fsp3) is 0.350. The van der Waals surface area contributed by atoms with E-state index in [1.54, 1.807) is 4.68 Å². The summed E-state index contributed by atoms with van der Waals surface area (Å²) in [5.74, 6) is 1.13. The lowest BCUT2D eigenvalue weighted by Crippen LogP contribution is -2.35. The highest BCUT2D eigenvalue weighted by atomic mass is 16.5. The van der Waals surface area contributed by atoms with Crippen molar-refractivity contribution in [2.45, 2.75) is 20.3 Å². The van der Waals surface area contributed by atoms with Gasteiger partial charge in [-0.25, -0.2) is 4.98 Å². The number of aryl methyl sites for hydroxylation is 3. The molecule has 3 aromatic rings. The number of ether oxygens (including phenoxy) is 1. The van der Waals surface area contributed by atoms with Crippen molar-refractivity contribution in [2.24, 2.45) is 13.0 Å². The van der Waals surface area contributed by atoms with Gasteiger partial charge in [0.1, 0.15) is 5.75 Å². The average molecular weight is 350 g/mol. The third-order valence-electron chi connectivity index (χ3n) is 4.85. The van der Waals surface area contributed by atoms with E-state index < -0.39 is 0 Å². The molecule has 0 saturated carbocycles. The zero-order chi connectivity index (χ0) is 18.3. The van der Waals surface area contributed by atoms with E-state index >= 15 is 0 Å². The summed E-state index contributed by atoms with van der Waals surface area (Å²) in [7, 11) is 1.85. The zero-order valence-corrected chi connectivity index (χ0v) is 15.2. The molecular formula is C20H22N4O2. The highest BCUT2D eigenvalue weighted by molar-refractivity contribution is 6.06. The molecule has 0 bridgehead atoms. The van der Waals surface area contributed by atoms with Crippen LogP contribution in [0.3, 0.4) is 0 Å². The van der Waals surface area contributed by atoms with E-state index in [1.165, 1.54) is 5.56 Å². The Bertz CT molecular complexity index is 993. The van der Waals surface area contributed by atoms with Crippen LogP contribution in [0.2, 0.25) is 0 Å². The van der Waals surface area contributed by atoms with Gasteiger partial charge in [0.05, 0.1) is 23.3 Å². The van der Waals surface area contributed by atoms with Crippen LogP contribution in [0, 0.1) is 19.8 Å². The number of rotatable bonds is 3. The first-order valence-corrected chi connectivity index (χ1v) is 8.83. The van der Waals surface area contributed by atoms with E-state index in [9.17, 15) is 4.79 Å². The SMILES string of the molecule is Cc1cc(C(=O)NC[C@H]2COc3ccccc3C2)c2c(C)nn(C)c2n1. The number of fused-ring (bicyclic) bond motifs is 2. The maximum absolute atomic E-state index is 12.8. The summed E-state index contributed by atoms with van der Waals surface area (Å²) < 4.78 is 7.53. The Morgan fingerprint density at radius 1 is 1.35 bits per heavy atom. The summed E-state index contributed by atoms with van der Waals surface area (Å²) in [6.07, 6.45) is 0.910. The van der Waals surface area contributed by atoms with Crippen LogP contribution in [0.5, 0.6) is 5.75 Å². The van der Waals surface area contributed by atoms with Crippen molar-refractivity contribution in [3.05, 3.63) is 52.8 Å².